The zero-order valence-corrected chi connectivity index (χ0v) is 11.2. The minimum atomic E-state index is -1.11. The van der Waals surface area contributed by atoms with Gasteiger partial charge in [0, 0.05) is 11.8 Å². The molecule has 0 saturated heterocycles. The summed E-state index contributed by atoms with van der Waals surface area (Å²) in [5.74, 6) is 0. The van der Waals surface area contributed by atoms with Crippen LogP contribution in [0, 0.1) is 0 Å². The molecule has 3 nitrogen and oxygen atoms in total. The third-order valence-electron chi connectivity index (χ3n) is 2.31. The van der Waals surface area contributed by atoms with Crippen LogP contribution in [0.25, 0.3) is 11.1 Å². The molecule has 0 saturated carbocycles. The summed E-state index contributed by atoms with van der Waals surface area (Å²) in [4.78, 5) is 0. The number of aromatic nitrogens is 2. The lowest BCUT2D eigenvalue weighted by Crippen LogP contribution is -1.98. The summed E-state index contributed by atoms with van der Waals surface area (Å²) in [6, 6.07) is 11.8. The molecule has 1 aromatic carbocycles. The minimum absolute atomic E-state index is 0.515. The van der Waals surface area contributed by atoms with Gasteiger partial charge in [-0.05, 0) is 17.9 Å². The highest BCUT2D eigenvalue weighted by Gasteiger charge is 2.10. The van der Waals surface area contributed by atoms with Gasteiger partial charge in [0.25, 0.3) is 0 Å². The second-order valence-corrected chi connectivity index (χ2v) is 5.55. The summed E-state index contributed by atoms with van der Waals surface area (Å²) in [6.07, 6.45) is 3.57. The van der Waals surface area contributed by atoms with Crippen LogP contribution in [0.2, 0.25) is 0 Å². The molecule has 0 spiro atoms. The van der Waals surface area contributed by atoms with E-state index in [-0.39, 0.29) is 0 Å². The number of rotatable bonds is 3. The van der Waals surface area contributed by atoms with Crippen molar-refractivity contribution in [3.8, 4) is 11.1 Å². The van der Waals surface area contributed by atoms with Gasteiger partial charge in [-0.2, -0.15) is 0 Å². The van der Waals surface area contributed by atoms with Gasteiger partial charge in [-0.3, -0.25) is 4.21 Å². The van der Waals surface area contributed by atoms with Crippen LogP contribution < -0.4 is 0 Å². The van der Waals surface area contributed by atoms with E-state index >= 15 is 0 Å². The molecule has 0 unspecified atom stereocenters. The standard InChI is InChI=1S/C12H12N2OS2/c1-16-12-10(9-6-4-3-5-7-9)8-11(13-14-12)17(2)15/h3-8H,1-2H3/t17-/m1/s1. The maximum atomic E-state index is 11.4. The van der Waals surface area contributed by atoms with Crippen LogP contribution in [0.4, 0.5) is 0 Å². The number of benzene rings is 1. The van der Waals surface area contributed by atoms with E-state index in [9.17, 15) is 4.21 Å². The van der Waals surface area contributed by atoms with Crippen LogP contribution in [0.15, 0.2) is 46.5 Å². The van der Waals surface area contributed by atoms with Crippen LogP contribution in [0.3, 0.4) is 0 Å². The Bertz CT molecular complexity index is 543. The number of hydrogen-bond acceptors (Lipinski definition) is 4. The topological polar surface area (TPSA) is 42.9 Å². The Hall–Kier alpha value is -1.20. The third kappa shape index (κ3) is 2.73. The number of hydrogen-bond donors (Lipinski definition) is 0. The van der Waals surface area contributed by atoms with Crippen LogP contribution in [0.5, 0.6) is 0 Å². The molecule has 88 valence electrons. The summed E-state index contributed by atoms with van der Waals surface area (Å²) in [7, 11) is -1.11. The van der Waals surface area contributed by atoms with Gasteiger partial charge in [-0.1, -0.05) is 30.3 Å². The van der Waals surface area contributed by atoms with Crippen LogP contribution in [-0.4, -0.2) is 26.9 Å². The summed E-state index contributed by atoms with van der Waals surface area (Å²) < 4.78 is 11.4. The van der Waals surface area contributed by atoms with E-state index < -0.39 is 10.8 Å². The predicted molar refractivity (Wildman–Crippen MR) is 71.6 cm³/mol. The highest BCUT2D eigenvalue weighted by molar-refractivity contribution is 7.98. The smallest absolute Gasteiger partial charge is 0.150 e. The van der Waals surface area contributed by atoms with Crippen LogP contribution in [-0.2, 0) is 10.8 Å². The average molecular weight is 264 g/mol. The molecule has 17 heavy (non-hydrogen) atoms. The van der Waals surface area contributed by atoms with E-state index in [1.165, 1.54) is 11.8 Å². The van der Waals surface area contributed by atoms with E-state index in [4.69, 9.17) is 0 Å². The fourth-order valence-electron chi connectivity index (χ4n) is 1.48. The maximum Gasteiger partial charge on any atom is 0.150 e. The molecule has 0 amide bonds. The molecule has 0 bridgehead atoms. The van der Waals surface area contributed by atoms with E-state index in [1.54, 1.807) is 6.26 Å². The molecule has 1 aromatic heterocycles. The van der Waals surface area contributed by atoms with Gasteiger partial charge in [-0.25, -0.2) is 0 Å². The molecule has 2 aromatic rings. The number of nitrogens with zero attached hydrogens (tertiary/aromatic N) is 2. The third-order valence-corrected chi connectivity index (χ3v) is 3.79. The maximum absolute atomic E-state index is 11.4. The van der Waals surface area contributed by atoms with Gasteiger partial charge in [0.15, 0.2) is 0 Å². The van der Waals surface area contributed by atoms with Crippen molar-refractivity contribution in [3.63, 3.8) is 0 Å². The predicted octanol–water partition coefficient (Wildman–Crippen LogP) is 2.60. The lowest BCUT2D eigenvalue weighted by atomic mass is 10.1. The highest BCUT2D eigenvalue weighted by atomic mass is 32.2. The zero-order valence-electron chi connectivity index (χ0n) is 9.58. The van der Waals surface area contributed by atoms with Crippen molar-refractivity contribution in [2.24, 2.45) is 0 Å². The molecule has 0 N–H and O–H groups in total. The van der Waals surface area contributed by atoms with Crippen molar-refractivity contribution in [1.29, 1.82) is 0 Å². The number of thioether (sulfide) groups is 1. The SMILES string of the molecule is CSc1nnc([S@@](C)=O)cc1-c1ccccc1. The first kappa shape index (κ1) is 12.3. The van der Waals surface area contributed by atoms with Gasteiger partial charge in [-0.15, -0.1) is 22.0 Å². The van der Waals surface area contributed by atoms with Crippen molar-refractivity contribution in [2.75, 3.05) is 12.5 Å². The first-order valence-corrected chi connectivity index (χ1v) is 7.81. The van der Waals surface area contributed by atoms with Crippen molar-refractivity contribution >= 4 is 22.6 Å². The lowest BCUT2D eigenvalue weighted by Gasteiger charge is -2.06. The summed E-state index contributed by atoms with van der Waals surface area (Å²) in [5.41, 5.74) is 2.05. The Morgan fingerprint density at radius 1 is 1.18 bits per heavy atom. The molecule has 0 fully saturated rings. The lowest BCUT2D eigenvalue weighted by molar-refractivity contribution is 0.680. The molecule has 0 aliphatic rings. The minimum Gasteiger partial charge on any atom is -0.253 e. The molecule has 0 aliphatic carbocycles. The molecule has 5 heteroatoms. The molecular formula is C12H12N2OS2. The molecule has 1 atom stereocenters. The Morgan fingerprint density at radius 3 is 2.47 bits per heavy atom. The summed E-state index contributed by atoms with van der Waals surface area (Å²) >= 11 is 1.54. The first-order valence-electron chi connectivity index (χ1n) is 5.03. The Labute approximate surface area is 107 Å². The Kier molecular flexibility index (Phi) is 3.91. The first-order chi connectivity index (χ1) is 8.22. The van der Waals surface area contributed by atoms with Crippen LogP contribution in [0.1, 0.15) is 0 Å². The molecule has 0 radical (unpaired) electrons. The van der Waals surface area contributed by atoms with E-state index in [0.717, 1.165) is 16.2 Å². The van der Waals surface area contributed by atoms with Gasteiger partial charge >= 0.3 is 0 Å². The van der Waals surface area contributed by atoms with E-state index in [1.807, 2.05) is 42.7 Å². The molecule has 0 aliphatic heterocycles. The normalized spacial score (nSPS) is 12.4. The van der Waals surface area contributed by atoms with Gasteiger partial charge in [0.1, 0.15) is 10.1 Å². The van der Waals surface area contributed by atoms with Crippen molar-refractivity contribution in [3.05, 3.63) is 36.4 Å². The molecule has 1 heterocycles. The van der Waals surface area contributed by atoms with Crippen molar-refractivity contribution in [1.82, 2.24) is 10.2 Å². The second-order valence-electron chi connectivity index (χ2n) is 3.43. The fraction of sp³-hybridized carbons (Fsp3) is 0.167. The molecular weight excluding hydrogens is 252 g/mol. The van der Waals surface area contributed by atoms with Crippen LogP contribution >= 0.6 is 11.8 Å². The zero-order chi connectivity index (χ0) is 12.3. The monoisotopic (exact) mass is 264 g/mol. The quantitative estimate of drug-likeness (QED) is 0.799. The summed E-state index contributed by atoms with van der Waals surface area (Å²) in [5, 5.41) is 9.45. The second kappa shape index (κ2) is 5.42. The van der Waals surface area contributed by atoms with Gasteiger partial charge < -0.3 is 0 Å². The van der Waals surface area contributed by atoms with Gasteiger partial charge in [0.05, 0.1) is 10.8 Å². The Morgan fingerprint density at radius 2 is 1.88 bits per heavy atom. The van der Waals surface area contributed by atoms with Crippen molar-refractivity contribution in [2.45, 2.75) is 10.1 Å². The Balaban J connectivity index is 2.58. The summed E-state index contributed by atoms with van der Waals surface area (Å²) in [6.45, 7) is 0. The van der Waals surface area contributed by atoms with E-state index in [2.05, 4.69) is 10.2 Å². The van der Waals surface area contributed by atoms with E-state index in [0.29, 0.717) is 5.03 Å². The molecule has 2 rings (SSSR count). The van der Waals surface area contributed by atoms with Crippen molar-refractivity contribution < 1.29 is 4.21 Å². The average Bonchev–Trinajstić information content (AvgIpc) is 2.39. The highest BCUT2D eigenvalue weighted by Crippen LogP contribution is 2.28. The fourth-order valence-corrected chi connectivity index (χ4v) is 2.44. The largest absolute Gasteiger partial charge is 0.253 e. The van der Waals surface area contributed by atoms with Gasteiger partial charge in [0.2, 0.25) is 0 Å².